The number of para-hydroxylation sites is 2. The normalized spacial score (nSPS) is 10.8. The van der Waals surface area contributed by atoms with Crippen molar-refractivity contribution in [3.63, 3.8) is 0 Å². The Balaban J connectivity index is 1.93. The van der Waals surface area contributed by atoms with Crippen LogP contribution in [0.25, 0.3) is 10.9 Å². The summed E-state index contributed by atoms with van der Waals surface area (Å²) in [4.78, 5) is 15.1. The molecular weight excluding hydrogens is 284 g/mol. The summed E-state index contributed by atoms with van der Waals surface area (Å²) in [5.41, 5.74) is 3.39. The number of aromatic nitrogens is 1. The Morgan fingerprint density at radius 2 is 1.95 bits per heavy atom. The number of fused-ring (bicyclic) bond motifs is 1. The molecule has 2 N–H and O–H groups in total. The van der Waals surface area contributed by atoms with E-state index in [4.69, 9.17) is 11.6 Å². The molecule has 0 aliphatic rings. The molecule has 0 aliphatic carbocycles. The molecule has 1 heterocycles. The summed E-state index contributed by atoms with van der Waals surface area (Å²) in [6.45, 7) is 2.42. The van der Waals surface area contributed by atoms with Crippen LogP contribution in [0.5, 0.6) is 0 Å². The lowest BCUT2D eigenvalue weighted by molar-refractivity contribution is 1.09. The number of rotatable bonds is 3. The predicted octanol–water partition coefficient (Wildman–Crippen LogP) is 4.10. The van der Waals surface area contributed by atoms with Crippen molar-refractivity contribution in [2.24, 2.45) is 0 Å². The van der Waals surface area contributed by atoms with E-state index in [9.17, 15) is 4.79 Å². The van der Waals surface area contributed by atoms with Crippen molar-refractivity contribution in [3.8, 4) is 0 Å². The Hall–Kier alpha value is -2.26. The third-order valence-corrected chi connectivity index (χ3v) is 3.84. The molecule has 21 heavy (non-hydrogen) atoms. The van der Waals surface area contributed by atoms with Gasteiger partial charge in [0.25, 0.3) is 5.56 Å². The minimum Gasteiger partial charge on any atom is -0.380 e. The summed E-state index contributed by atoms with van der Waals surface area (Å²) >= 11 is 6.10. The van der Waals surface area contributed by atoms with Crippen molar-refractivity contribution in [2.75, 3.05) is 5.32 Å². The molecule has 106 valence electrons. The molecular formula is C17H15ClN2O. The molecule has 0 saturated carbocycles. The molecule has 4 heteroatoms. The molecule has 0 spiro atoms. The molecule has 0 amide bonds. The van der Waals surface area contributed by atoms with Gasteiger partial charge in [-0.25, -0.2) is 0 Å². The number of nitrogens with one attached hydrogen (secondary N) is 2. The number of hydrogen-bond donors (Lipinski definition) is 2. The summed E-state index contributed by atoms with van der Waals surface area (Å²) < 4.78 is 0. The van der Waals surface area contributed by atoms with E-state index in [2.05, 4.69) is 10.3 Å². The van der Waals surface area contributed by atoms with Gasteiger partial charge >= 0.3 is 0 Å². The molecule has 0 fully saturated rings. The first-order valence-corrected chi connectivity index (χ1v) is 7.13. The van der Waals surface area contributed by atoms with Crippen LogP contribution < -0.4 is 10.9 Å². The van der Waals surface area contributed by atoms with Crippen LogP contribution in [-0.4, -0.2) is 4.98 Å². The minimum atomic E-state index is -0.0728. The molecule has 2 aromatic carbocycles. The van der Waals surface area contributed by atoms with Gasteiger partial charge in [-0.05, 0) is 36.1 Å². The third-order valence-electron chi connectivity index (χ3n) is 3.51. The maximum Gasteiger partial charge on any atom is 0.253 e. The highest BCUT2D eigenvalue weighted by Gasteiger charge is 2.05. The van der Waals surface area contributed by atoms with E-state index < -0.39 is 0 Å². The maximum atomic E-state index is 12.2. The monoisotopic (exact) mass is 298 g/mol. The topological polar surface area (TPSA) is 44.9 Å². The lowest BCUT2D eigenvalue weighted by Crippen LogP contribution is -2.16. The van der Waals surface area contributed by atoms with Crippen LogP contribution in [0.15, 0.2) is 53.3 Å². The van der Waals surface area contributed by atoms with Crippen molar-refractivity contribution in [1.29, 1.82) is 0 Å². The van der Waals surface area contributed by atoms with Crippen LogP contribution in [0, 0.1) is 6.92 Å². The molecule has 0 radical (unpaired) electrons. The Kier molecular flexibility index (Phi) is 3.67. The summed E-state index contributed by atoms with van der Waals surface area (Å²) in [7, 11) is 0. The smallest absolute Gasteiger partial charge is 0.253 e. The number of halogens is 1. The highest BCUT2D eigenvalue weighted by molar-refractivity contribution is 6.33. The van der Waals surface area contributed by atoms with E-state index in [1.165, 1.54) is 0 Å². The third kappa shape index (κ3) is 2.78. The van der Waals surface area contributed by atoms with Crippen molar-refractivity contribution >= 4 is 28.2 Å². The molecule has 0 atom stereocenters. The van der Waals surface area contributed by atoms with Gasteiger partial charge in [0.1, 0.15) is 0 Å². The van der Waals surface area contributed by atoms with Crippen molar-refractivity contribution in [3.05, 3.63) is 75.0 Å². The number of anilines is 1. The summed E-state index contributed by atoms with van der Waals surface area (Å²) in [5.74, 6) is 0. The van der Waals surface area contributed by atoms with Crippen LogP contribution in [0.2, 0.25) is 5.02 Å². The van der Waals surface area contributed by atoms with E-state index in [1.807, 2.05) is 55.5 Å². The average molecular weight is 299 g/mol. The van der Waals surface area contributed by atoms with E-state index in [0.29, 0.717) is 17.1 Å². The zero-order valence-electron chi connectivity index (χ0n) is 11.6. The Morgan fingerprint density at radius 3 is 2.76 bits per heavy atom. The number of aromatic amines is 1. The fourth-order valence-electron chi connectivity index (χ4n) is 2.35. The van der Waals surface area contributed by atoms with Gasteiger partial charge in [-0.1, -0.05) is 41.9 Å². The number of aryl methyl sites for hydroxylation is 1. The van der Waals surface area contributed by atoms with Gasteiger partial charge < -0.3 is 10.3 Å². The van der Waals surface area contributed by atoms with Crippen LogP contribution in [0.3, 0.4) is 0 Å². The zero-order chi connectivity index (χ0) is 14.8. The molecule has 3 nitrogen and oxygen atoms in total. The fourth-order valence-corrected chi connectivity index (χ4v) is 2.56. The predicted molar refractivity (Wildman–Crippen MR) is 88.1 cm³/mol. The van der Waals surface area contributed by atoms with Crippen LogP contribution in [-0.2, 0) is 6.54 Å². The molecule has 0 aliphatic heterocycles. The van der Waals surface area contributed by atoms with Gasteiger partial charge in [-0.15, -0.1) is 0 Å². The second-order valence-corrected chi connectivity index (χ2v) is 5.40. The second-order valence-electron chi connectivity index (χ2n) is 5.00. The first-order chi connectivity index (χ1) is 10.1. The molecule has 0 saturated heterocycles. The standard InChI is InChI=1S/C17H15ClN2O/c1-11-5-4-6-12-9-13(17(21)20-16(11)12)10-19-15-8-3-2-7-14(15)18/h2-9,19H,10H2,1H3,(H,20,21). The quantitative estimate of drug-likeness (QED) is 0.764. The van der Waals surface area contributed by atoms with Crippen molar-refractivity contribution in [2.45, 2.75) is 13.5 Å². The second kappa shape index (κ2) is 5.62. The van der Waals surface area contributed by atoms with Crippen LogP contribution >= 0.6 is 11.6 Å². The van der Waals surface area contributed by atoms with Crippen LogP contribution in [0.4, 0.5) is 5.69 Å². The van der Waals surface area contributed by atoms with Crippen molar-refractivity contribution in [1.82, 2.24) is 4.98 Å². The first kappa shape index (κ1) is 13.7. The SMILES string of the molecule is Cc1cccc2cc(CNc3ccccc3Cl)c(=O)[nH]c12. The van der Waals surface area contributed by atoms with Gasteiger partial charge in [-0.3, -0.25) is 4.79 Å². The van der Waals surface area contributed by atoms with Crippen molar-refractivity contribution < 1.29 is 0 Å². The maximum absolute atomic E-state index is 12.2. The Bertz CT molecular complexity index is 855. The highest BCUT2D eigenvalue weighted by Crippen LogP contribution is 2.21. The number of H-pyrrole nitrogens is 1. The largest absolute Gasteiger partial charge is 0.380 e. The average Bonchev–Trinajstić information content (AvgIpc) is 2.48. The van der Waals surface area contributed by atoms with E-state index in [1.54, 1.807) is 0 Å². The van der Waals surface area contributed by atoms with E-state index in [0.717, 1.165) is 22.2 Å². The molecule has 3 rings (SSSR count). The lowest BCUT2D eigenvalue weighted by Gasteiger charge is -2.09. The summed E-state index contributed by atoms with van der Waals surface area (Å²) in [5, 5.41) is 4.87. The van der Waals surface area contributed by atoms with E-state index >= 15 is 0 Å². The van der Waals surface area contributed by atoms with Gasteiger partial charge in [0.2, 0.25) is 0 Å². The lowest BCUT2D eigenvalue weighted by atomic mass is 10.1. The minimum absolute atomic E-state index is 0.0728. The van der Waals surface area contributed by atoms with E-state index in [-0.39, 0.29) is 5.56 Å². The Morgan fingerprint density at radius 1 is 1.14 bits per heavy atom. The number of pyridine rings is 1. The van der Waals surface area contributed by atoms with Gasteiger partial charge in [-0.2, -0.15) is 0 Å². The highest BCUT2D eigenvalue weighted by atomic mass is 35.5. The number of benzene rings is 2. The first-order valence-electron chi connectivity index (χ1n) is 6.75. The zero-order valence-corrected chi connectivity index (χ0v) is 12.4. The van der Waals surface area contributed by atoms with Crippen LogP contribution in [0.1, 0.15) is 11.1 Å². The van der Waals surface area contributed by atoms with Gasteiger partial charge in [0.15, 0.2) is 0 Å². The number of hydrogen-bond acceptors (Lipinski definition) is 2. The molecule has 0 bridgehead atoms. The summed E-state index contributed by atoms with van der Waals surface area (Å²) in [6, 6.07) is 15.4. The fraction of sp³-hybridized carbons (Fsp3) is 0.118. The molecule has 3 aromatic rings. The van der Waals surface area contributed by atoms with Gasteiger partial charge in [0, 0.05) is 12.1 Å². The summed E-state index contributed by atoms with van der Waals surface area (Å²) in [6.07, 6.45) is 0. The Labute approximate surface area is 127 Å². The molecule has 0 unspecified atom stereocenters. The molecule has 1 aromatic heterocycles. The van der Waals surface area contributed by atoms with Gasteiger partial charge in [0.05, 0.1) is 16.2 Å².